The van der Waals surface area contributed by atoms with Crippen molar-refractivity contribution in [2.45, 2.75) is 18.6 Å². The minimum Gasteiger partial charge on any atom is -0.315 e. The number of hydrogen-bond acceptors (Lipinski definition) is 3. The van der Waals surface area contributed by atoms with Crippen molar-refractivity contribution < 1.29 is 0 Å². The standard InChI is InChI=1S/C11H17N3/c12-11-10(13-6-7-14-11)8-9-4-2-1-3-5-9/h1-5,10-11,13-14H,6-8,12H2. The van der Waals surface area contributed by atoms with Crippen molar-refractivity contribution in [3.8, 4) is 0 Å². The topological polar surface area (TPSA) is 50.1 Å². The van der Waals surface area contributed by atoms with Crippen molar-refractivity contribution in [3.63, 3.8) is 0 Å². The highest BCUT2D eigenvalue weighted by Gasteiger charge is 2.20. The summed E-state index contributed by atoms with van der Waals surface area (Å²) in [7, 11) is 0. The average molecular weight is 191 g/mol. The minimum atomic E-state index is 0.0731. The van der Waals surface area contributed by atoms with Crippen LogP contribution < -0.4 is 16.4 Å². The first-order valence-electron chi connectivity index (χ1n) is 5.12. The molecule has 3 heteroatoms. The quantitative estimate of drug-likeness (QED) is 0.620. The fourth-order valence-electron chi connectivity index (χ4n) is 1.83. The van der Waals surface area contributed by atoms with Crippen LogP contribution in [0.5, 0.6) is 0 Å². The molecule has 1 heterocycles. The molecule has 0 saturated carbocycles. The molecule has 76 valence electrons. The Labute approximate surface area is 84.7 Å². The molecule has 1 fully saturated rings. The highest BCUT2D eigenvalue weighted by Crippen LogP contribution is 2.05. The summed E-state index contributed by atoms with van der Waals surface area (Å²) < 4.78 is 0. The lowest BCUT2D eigenvalue weighted by Crippen LogP contribution is -2.60. The van der Waals surface area contributed by atoms with Gasteiger partial charge in [-0.3, -0.25) is 5.32 Å². The number of nitrogens with one attached hydrogen (secondary N) is 2. The van der Waals surface area contributed by atoms with Crippen molar-refractivity contribution in [2.75, 3.05) is 13.1 Å². The van der Waals surface area contributed by atoms with Crippen molar-refractivity contribution in [2.24, 2.45) is 5.73 Å². The number of benzene rings is 1. The maximum atomic E-state index is 5.95. The Morgan fingerprint density at radius 2 is 1.86 bits per heavy atom. The molecule has 4 N–H and O–H groups in total. The molecule has 1 aromatic carbocycles. The molecule has 1 saturated heterocycles. The largest absolute Gasteiger partial charge is 0.315 e. The lowest BCUT2D eigenvalue weighted by Gasteiger charge is -2.31. The molecular formula is C11H17N3. The second kappa shape index (κ2) is 4.55. The molecule has 2 unspecified atom stereocenters. The number of nitrogens with two attached hydrogens (primary N) is 1. The van der Waals surface area contributed by atoms with E-state index in [2.05, 4.69) is 34.9 Å². The van der Waals surface area contributed by atoms with Crippen LogP contribution in [0.3, 0.4) is 0 Å². The van der Waals surface area contributed by atoms with E-state index in [1.807, 2.05) is 6.07 Å². The lowest BCUT2D eigenvalue weighted by atomic mass is 10.0. The lowest BCUT2D eigenvalue weighted by molar-refractivity contribution is 0.325. The first kappa shape index (κ1) is 9.65. The fourth-order valence-corrected chi connectivity index (χ4v) is 1.83. The van der Waals surface area contributed by atoms with Gasteiger partial charge in [0.15, 0.2) is 0 Å². The first-order valence-corrected chi connectivity index (χ1v) is 5.12. The summed E-state index contributed by atoms with van der Waals surface area (Å²) in [5, 5.41) is 6.70. The monoisotopic (exact) mass is 191 g/mol. The Hall–Kier alpha value is -0.900. The molecule has 2 rings (SSSR count). The minimum absolute atomic E-state index is 0.0731. The molecule has 3 nitrogen and oxygen atoms in total. The SMILES string of the molecule is NC1NCCNC1Cc1ccccc1. The fraction of sp³-hybridized carbons (Fsp3) is 0.455. The summed E-state index contributed by atoms with van der Waals surface area (Å²) in [6, 6.07) is 10.8. The second-order valence-electron chi connectivity index (χ2n) is 3.73. The molecular weight excluding hydrogens is 174 g/mol. The molecule has 0 aromatic heterocycles. The highest BCUT2D eigenvalue weighted by molar-refractivity contribution is 5.16. The van der Waals surface area contributed by atoms with Gasteiger partial charge in [0.05, 0.1) is 6.17 Å². The van der Waals surface area contributed by atoms with Gasteiger partial charge < -0.3 is 11.1 Å². The van der Waals surface area contributed by atoms with Gasteiger partial charge >= 0.3 is 0 Å². The summed E-state index contributed by atoms with van der Waals surface area (Å²) >= 11 is 0. The maximum Gasteiger partial charge on any atom is 0.0708 e. The smallest absolute Gasteiger partial charge is 0.0708 e. The molecule has 1 aliphatic heterocycles. The van der Waals surface area contributed by atoms with Crippen LogP contribution in [0.2, 0.25) is 0 Å². The van der Waals surface area contributed by atoms with Gasteiger partial charge in [-0.2, -0.15) is 0 Å². The van der Waals surface area contributed by atoms with Gasteiger partial charge in [-0.15, -0.1) is 0 Å². The summed E-state index contributed by atoms with van der Waals surface area (Å²) in [6.07, 6.45) is 1.07. The van der Waals surface area contributed by atoms with E-state index < -0.39 is 0 Å². The third kappa shape index (κ3) is 2.32. The molecule has 2 atom stereocenters. The number of rotatable bonds is 2. The van der Waals surface area contributed by atoms with Crippen molar-refractivity contribution >= 4 is 0 Å². The summed E-state index contributed by atoms with van der Waals surface area (Å²) in [5.41, 5.74) is 7.29. The van der Waals surface area contributed by atoms with Crippen LogP contribution >= 0.6 is 0 Å². The summed E-state index contributed by atoms with van der Waals surface area (Å²) in [4.78, 5) is 0. The van der Waals surface area contributed by atoms with Crippen molar-refractivity contribution in [1.82, 2.24) is 10.6 Å². The molecule has 1 aliphatic rings. The molecule has 0 aliphatic carbocycles. The Balaban J connectivity index is 1.96. The van der Waals surface area contributed by atoms with E-state index in [-0.39, 0.29) is 6.17 Å². The highest BCUT2D eigenvalue weighted by atomic mass is 15.2. The van der Waals surface area contributed by atoms with Crippen LogP contribution in [0.4, 0.5) is 0 Å². The Kier molecular flexibility index (Phi) is 3.14. The second-order valence-corrected chi connectivity index (χ2v) is 3.73. The Morgan fingerprint density at radius 1 is 1.14 bits per heavy atom. The van der Waals surface area contributed by atoms with Crippen LogP contribution in [0, 0.1) is 0 Å². The Morgan fingerprint density at radius 3 is 2.57 bits per heavy atom. The van der Waals surface area contributed by atoms with E-state index in [1.54, 1.807) is 0 Å². The van der Waals surface area contributed by atoms with Gasteiger partial charge in [0.1, 0.15) is 0 Å². The van der Waals surface area contributed by atoms with Crippen molar-refractivity contribution in [3.05, 3.63) is 35.9 Å². The molecule has 0 amide bonds. The Bertz CT molecular complexity index is 273. The van der Waals surface area contributed by atoms with E-state index in [0.29, 0.717) is 6.04 Å². The summed E-state index contributed by atoms with van der Waals surface area (Å²) in [5.74, 6) is 0. The third-order valence-electron chi connectivity index (χ3n) is 2.64. The molecule has 1 aromatic rings. The normalized spacial score (nSPS) is 27.5. The summed E-state index contributed by atoms with van der Waals surface area (Å²) in [6.45, 7) is 1.97. The number of hydrogen-bond donors (Lipinski definition) is 3. The van der Waals surface area contributed by atoms with Crippen LogP contribution in [0.25, 0.3) is 0 Å². The van der Waals surface area contributed by atoms with Crippen LogP contribution in [0.1, 0.15) is 5.56 Å². The zero-order valence-corrected chi connectivity index (χ0v) is 8.24. The van der Waals surface area contributed by atoms with Gasteiger partial charge in [0, 0.05) is 19.1 Å². The zero-order valence-electron chi connectivity index (χ0n) is 8.24. The predicted octanol–water partition coefficient (Wildman–Crippen LogP) is 0.0753. The molecule has 0 spiro atoms. The van der Waals surface area contributed by atoms with Crippen LogP contribution in [-0.4, -0.2) is 25.3 Å². The first-order chi connectivity index (χ1) is 6.86. The zero-order chi connectivity index (χ0) is 9.80. The van der Waals surface area contributed by atoms with Crippen molar-refractivity contribution in [1.29, 1.82) is 0 Å². The molecule has 0 radical (unpaired) electrons. The van der Waals surface area contributed by atoms with Gasteiger partial charge in [-0.1, -0.05) is 30.3 Å². The predicted molar refractivity (Wildman–Crippen MR) is 57.9 cm³/mol. The van der Waals surface area contributed by atoms with Crippen LogP contribution in [0.15, 0.2) is 30.3 Å². The third-order valence-corrected chi connectivity index (χ3v) is 2.64. The van der Waals surface area contributed by atoms with E-state index in [4.69, 9.17) is 5.73 Å². The van der Waals surface area contributed by atoms with Crippen LogP contribution in [-0.2, 0) is 6.42 Å². The maximum absolute atomic E-state index is 5.95. The van der Waals surface area contributed by atoms with Gasteiger partial charge in [0.2, 0.25) is 0 Å². The van der Waals surface area contributed by atoms with Gasteiger partial charge in [-0.25, -0.2) is 0 Å². The van der Waals surface area contributed by atoms with E-state index >= 15 is 0 Å². The molecule has 0 bridgehead atoms. The van der Waals surface area contributed by atoms with E-state index in [1.165, 1.54) is 5.56 Å². The van der Waals surface area contributed by atoms with E-state index in [9.17, 15) is 0 Å². The van der Waals surface area contributed by atoms with Gasteiger partial charge in [-0.05, 0) is 12.0 Å². The van der Waals surface area contributed by atoms with Gasteiger partial charge in [0.25, 0.3) is 0 Å². The number of piperazine rings is 1. The molecule has 14 heavy (non-hydrogen) atoms. The average Bonchev–Trinajstić information content (AvgIpc) is 2.23. The van der Waals surface area contributed by atoms with E-state index in [0.717, 1.165) is 19.5 Å².